The fraction of sp³-hybridized carbons (Fsp3) is 0.786. The average molecular weight is 250 g/mol. The van der Waals surface area contributed by atoms with E-state index in [-0.39, 0.29) is 0 Å². The van der Waals surface area contributed by atoms with Crippen LogP contribution in [0.5, 0.6) is 0 Å². The Hall–Kier alpha value is -1.03. The third-order valence-corrected chi connectivity index (χ3v) is 3.82. The molecule has 0 aromatic carbocycles. The predicted molar refractivity (Wildman–Crippen MR) is 75.8 cm³/mol. The number of unbranched alkanes of at least 4 members (excludes halogenated alkanes) is 1. The van der Waals surface area contributed by atoms with Crippen molar-refractivity contribution in [3.05, 3.63) is 12.4 Å². The maximum atomic E-state index is 4.41. The Morgan fingerprint density at radius 2 is 2.17 bits per heavy atom. The molecule has 4 heteroatoms. The largest absolute Gasteiger partial charge is 0.356 e. The minimum atomic E-state index is 0.808. The minimum absolute atomic E-state index is 0.808. The Bertz CT molecular complexity index is 339. The molecule has 1 aromatic rings. The summed E-state index contributed by atoms with van der Waals surface area (Å²) in [4.78, 5) is 6.83. The summed E-state index contributed by atoms with van der Waals surface area (Å²) in [5.41, 5.74) is 0. The molecule has 0 unspecified atom stereocenters. The van der Waals surface area contributed by atoms with Crippen LogP contribution in [0.4, 0.5) is 5.95 Å². The van der Waals surface area contributed by atoms with Gasteiger partial charge in [0, 0.05) is 25.5 Å². The standard InChI is InChI=1S/C14H26N4/c1-3-4-7-15-14-16-8-11-18(14)12-13-5-9-17(2)10-6-13/h8,11,13H,3-7,9-10,12H2,1-2H3,(H,15,16). The van der Waals surface area contributed by atoms with Gasteiger partial charge in [-0.15, -0.1) is 0 Å². The van der Waals surface area contributed by atoms with Crippen molar-refractivity contribution >= 4 is 5.95 Å². The van der Waals surface area contributed by atoms with Crippen LogP contribution < -0.4 is 5.32 Å². The number of rotatable bonds is 6. The van der Waals surface area contributed by atoms with E-state index in [4.69, 9.17) is 0 Å². The zero-order chi connectivity index (χ0) is 12.8. The first kappa shape index (κ1) is 13.4. The van der Waals surface area contributed by atoms with Crippen molar-refractivity contribution in [2.24, 2.45) is 5.92 Å². The number of imidazole rings is 1. The summed E-state index contributed by atoms with van der Waals surface area (Å²) in [6.45, 7) is 6.83. The van der Waals surface area contributed by atoms with Gasteiger partial charge in [-0.25, -0.2) is 4.98 Å². The maximum absolute atomic E-state index is 4.41. The fourth-order valence-electron chi connectivity index (χ4n) is 2.52. The minimum Gasteiger partial charge on any atom is -0.356 e. The molecule has 1 aromatic heterocycles. The zero-order valence-corrected chi connectivity index (χ0v) is 11.7. The lowest BCUT2D eigenvalue weighted by Crippen LogP contribution is -2.32. The summed E-state index contributed by atoms with van der Waals surface area (Å²) in [7, 11) is 2.21. The van der Waals surface area contributed by atoms with E-state index in [9.17, 15) is 0 Å². The van der Waals surface area contributed by atoms with Crippen LogP contribution in [-0.2, 0) is 6.54 Å². The molecule has 102 valence electrons. The molecule has 0 saturated carbocycles. The molecule has 1 aliphatic heterocycles. The Morgan fingerprint density at radius 1 is 1.39 bits per heavy atom. The van der Waals surface area contributed by atoms with Crippen LogP contribution in [0, 0.1) is 5.92 Å². The molecule has 1 aliphatic rings. The van der Waals surface area contributed by atoms with Crippen molar-refractivity contribution < 1.29 is 0 Å². The number of likely N-dealkylation sites (tertiary alicyclic amines) is 1. The van der Waals surface area contributed by atoms with Crippen LogP contribution in [0.25, 0.3) is 0 Å². The molecular formula is C14H26N4. The van der Waals surface area contributed by atoms with Crippen LogP contribution in [-0.4, -0.2) is 41.1 Å². The van der Waals surface area contributed by atoms with E-state index >= 15 is 0 Å². The predicted octanol–water partition coefficient (Wildman–Crippen LogP) is 2.44. The van der Waals surface area contributed by atoms with Crippen molar-refractivity contribution in [3.63, 3.8) is 0 Å². The second kappa shape index (κ2) is 6.78. The van der Waals surface area contributed by atoms with E-state index in [0.29, 0.717) is 0 Å². The third-order valence-electron chi connectivity index (χ3n) is 3.82. The van der Waals surface area contributed by atoms with Crippen molar-refractivity contribution in [1.82, 2.24) is 14.5 Å². The van der Waals surface area contributed by atoms with Crippen molar-refractivity contribution in [2.45, 2.75) is 39.2 Å². The Balaban J connectivity index is 1.83. The molecule has 2 rings (SSSR count). The summed E-state index contributed by atoms with van der Waals surface area (Å²) in [5, 5.41) is 3.43. The highest BCUT2D eigenvalue weighted by atomic mass is 15.2. The first-order valence-corrected chi connectivity index (χ1v) is 7.23. The SMILES string of the molecule is CCCCNc1nccn1CC1CCN(C)CC1. The highest BCUT2D eigenvalue weighted by molar-refractivity contribution is 5.25. The van der Waals surface area contributed by atoms with Gasteiger partial charge in [-0.1, -0.05) is 13.3 Å². The second-order valence-corrected chi connectivity index (χ2v) is 5.43. The van der Waals surface area contributed by atoms with Gasteiger partial charge in [0.05, 0.1) is 0 Å². The fourth-order valence-corrected chi connectivity index (χ4v) is 2.52. The second-order valence-electron chi connectivity index (χ2n) is 5.43. The zero-order valence-electron chi connectivity index (χ0n) is 11.7. The van der Waals surface area contributed by atoms with Gasteiger partial charge >= 0.3 is 0 Å². The molecular weight excluding hydrogens is 224 g/mol. The molecule has 0 aliphatic carbocycles. The number of nitrogens with zero attached hydrogens (tertiary/aromatic N) is 3. The number of hydrogen-bond acceptors (Lipinski definition) is 3. The molecule has 2 heterocycles. The average Bonchev–Trinajstić information content (AvgIpc) is 2.80. The third kappa shape index (κ3) is 3.73. The molecule has 1 N–H and O–H groups in total. The van der Waals surface area contributed by atoms with Crippen LogP contribution >= 0.6 is 0 Å². The maximum Gasteiger partial charge on any atom is 0.202 e. The number of piperidine rings is 1. The first-order chi connectivity index (χ1) is 8.79. The van der Waals surface area contributed by atoms with Gasteiger partial charge in [-0.05, 0) is 45.3 Å². The first-order valence-electron chi connectivity index (χ1n) is 7.23. The van der Waals surface area contributed by atoms with Crippen molar-refractivity contribution in [3.8, 4) is 0 Å². The lowest BCUT2D eigenvalue weighted by molar-refractivity contribution is 0.205. The molecule has 1 fully saturated rings. The normalized spacial score (nSPS) is 18.1. The number of nitrogens with one attached hydrogen (secondary N) is 1. The molecule has 0 atom stereocenters. The summed E-state index contributed by atoms with van der Waals surface area (Å²) >= 11 is 0. The summed E-state index contributed by atoms with van der Waals surface area (Å²) in [6, 6.07) is 0. The van der Waals surface area contributed by atoms with Gasteiger partial charge in [0.15, 0.2) is 0 Å². The van der Waals surface area contributed by atoms with E-state index in [1.54, 1.807) is 0 Å². The molecule has 1 saturated heterocycles. The summed E-state index contributed by atoms with van der Waals surface area (Å²) < 4.78 is 2.28. The van der Waals surface area contributed by atoms with E-state index in [1.165, 1.54) is 38.8 Å². The van der Waals surface area contributed by atoms with Gasteiger partial charge < -0.3 is 14.8 Å². The Kier molecular flexibility index (Phi) is 5.05. The van der Waals surface area contributed by atoms with E-state index in [1.807, 2.05) is 6.20 Å². The van der Waals surface area contributed by atoms with Crippen LogP contribution in [0.1, 0.15) is 32.6 Å². The highest BCUT2D eigenvalue weighted by Crippen LogP contribution is 2.19. The Labute approximate surface area is 110 Å². The van der Waals surface area contributed by atoms with Crippen LogP contribution in [0.2, 0.25) is 0 Å². The van der Waals surface area contributed by atoms with Crippen molar-refractivity contribution in [2.75, 3.05) is 32.0 Å². The molecule has 4 nitrogen and oxygen atoms in total. The Morgan fingerprint density at radius 3 is 2.89 bits per heavy atom. The van der Waals surface area contributed by atoms with Crippen molar-refractivity contribution in [1.29, 1.82) is 0 Å². The molecule has 0 spiro atoms. The number of anilines is 1. The van der Waals surface area contributed by atoms with Gasteiger partial charge in [0.1, 0.15) is 0 Å². The smallest absolute Gasteiger partial charge is 0.202 e. The molecule has 0 amide bonds. The highest BCUT2D eigenvalue weighted by Gasteiger charge is 2.17. The monoisotopic (exact) mass is 250 g/mol. The van der Waals surface area contributed by atoms with Gasteiger partial charge in [-0.3, -0.25) is 0 Å². The topological polar surface area (TPSA) is 33.1 Å². The van der Waals surface area contributed by atoms with E-state index in [2.05, 4.69) is 39.9 Å². The van der Waals surface area contributed by atoms with Crippen LogP contribution in [0.3, 0.4) is 0 Å². The molecule has 0 bridgehead atoms. The lowest BCUT2D eigenvalue weighted by Gasteiger charge is -2.29. The molecule has 0 radical (unpaired) electrons. The van der Waals surface area contributed by atoms with E-state index < -0.39 is 0 Å². The lowest BCUT2D eigenvalue weighted by atomic mass is 9.97. The number of aromatic nitrogens is 2. The summed E-state index contributed by atoms with van der Waals surface area (Å²) in [6.07, 6.45) is 9.06. The molecule has 18 heavy (non-hydrogen) atoms. The number of hydrogen-bond donors (Lipinski definition) is 1. The van der Waals surface area contributed by atoms with Gasteiger partial charge in [-0.2, -0.15) is 0 Å². The van der Waals surface area contributed by atoms with Gasteiger partial charge in [0.25, 0.3) is 0 Å². The quantitative estimate of drug-likeness (QED) is 0.787. The summed E-state index contributed by atoms with van der Waals surface area (Å²) in [5.74, 6) is 1.85. The van der Waals surface area contributed by atoms with Gasteiger partial charge in [0.2, 0.25) is 5.95 Å². The van der Waals surface area contributed by atoms with E-state index in [0.717, 1.165) is 25.0 Å². The van der Waals surface area contributed by atoms with Crippen LogP contribution in [0.15, 0.2) is 12.4 Å².